The number of sulfonamides is 1. The van der Waals surface area contributed by atoms with Gasteiger partial charge in [-0.05, 0) is 29.9 Å². The van der Waals surface area contributed by atoms with Crippen LogP contribution in [-0.2, 0) is 10.0 Å². The quantitative estimate of drug-likeness (QED) is 0.866. The SMILES string of the molecule is CC(C)(C)C1CCN(S(=O)(=O)c2cccc(C(N)=S)c2)C1. The van der Waals surface area contributed by atoms with Gasteiger partial charge in [0.2, 0.25) is 10.0 Å². The molecular weight excluding hydrogens is 304 g/mol. The molecule has 1 saturated heterocycles. The number of rotatable bonds is 3. The molecule has 2 rings (SSSR count). The number of benzene rings is 1. The van der Waals surface area contributed by atoms with Crippen molar-refractivity contribution in [1.29, 1.82) is 0 Å². The molecule has 1 fully saturated rings. The Balaban J connectivity index is 2.28. The second-order valence-electron chi connectivity index (χ2n) is 6.61. The molecule has 0 saturated carbocycles. The molecule has 1 aliphatic rings. The van der Waals surface area contributed by atoms with Crippen LogP contribution >= 0.6 is 12.2 Å². The van der Waals surface area contributed by atoms with Gasteiger partial charge in [-0.15, -0.1) is 0 Å². The summed E-state index contributed by atoms with van der Waals surface area (Å²) in [6, 6.07) is 6.56. The number of nitrogens with zero attached hydrogens (tertiary/aromatic N) is 1. The molecule has 0 bridgehead atoms. The summed E-state index contributed by atoms with van der Waals surface area (Å²) in [7, 11) is -3.47. The fraction of sp³-hybridized carbons (Fsp3) is 0.533. The maximum Gasteiger partial charge on any atom is 0.243 e. The summed E-state index contributed by atoms with van der Waals surface area (Å²) in [5, 5.41) is 0. The van der Waals surface area contributed by atoms with Crippen LogP contribution in [-0.4, -0.2) is 30.8 Å². The van der Waals surface area contributed by atoms with E-state index in [1.807, 2.05) is 0 Å². The highest BCUT2D eigenvalue weighted by molar-refractivity contribution is 7.89. The first-order valence-electron chi connectivity index (χ1n) is 7.02. The Kier molecular flexibility index (Phi) is 4.42. The predicted octanol–water partition coefficient (Wildman–Crippen LogP) is 2.38. The van der Waals surface area contributed by atoms with Crippen LogP contribution in [0.25, 0.3) is 0 Å². The van der Waals surface area contributed by atoms with Gasteiger partial charge in [0.15, 0.2) is 0 Å². The molecule has 0 aliphatic carbocycles. The van der Waals surface area contributed by atoms with Crippen molar-refractivity contribution in [1.82, 2.24) is 4.31 Å². The highest BCUT2D eigenvalue weighted by atomic mass is 32.2. The average molecular weight is 326 g/mol. The van der Waals surface area contributed by atoms with E-state index >= 15 is 0 Å². The van der Waals surface area contributed by atoms with Gasteiger partial charge >= 0.3 is 0 Å². The Morgan fingerprint density at radius 1 is 1.38 bits per heavy atom. The van der Waals surface area contributed by atoms with Crippen LogP contribution in [0.15, 0.2) is 29.2 Å². The van der Waals surface area contributed by atoms with Crippen LogP contribution in [0.4, 0.5) is 0 Å². The Bertz CT molecular complexity index is 648. The first-order valence-corrected chi connectivity index (χ1v) is 8.87. The van der Waals surface area contributed by atoms with Crippen LogP contribution in [0.5, 0.6) is 0 Å². The Morgan fingerprint density at radius 3 is 2.57 bits per heavy atom. The van der Waals surface area contributed by atoms with Gasteiger partial charge in [-0.3, -0.25) is 0 Å². The molecule has 0 aromatic heterocycles. The molecular formula is C15H22N2O2S2. The first-order chi connectivity index (χ1) is 9.62. The monoisotopic (exact) mass is 326 g/mol. The molecule has 4 nitrogen and oxygen atoms in total. The van der Waals surface area contributed by atoms with Crippen LogP contribution in [0.1, 0.15) is 32.8 Å². The summed E-state index contributed by atoms with van der Waals surface area (Å²) in [5.74, 6) is 0.381. The standard InChI is InChI=1S/C15H22N2O2S2/c1-15(2,3)12-7-8-17(10-12)21(18,19)13-6-4-5-11(9-13)14(16)20/h4-6,9,12H,7-8,10H2,1-3H3,(H2,16,20). The lowest BCUT2D eigenvalue weighted by Gasteiger charge is -2.26. The van der Waals surface area contributed by atoms with Gasteiger partial charge in [0.05, 0.1) is 4.90 Å². The van der Waals surface area contributed by atoms with E-state index in [0.29, 0.717) is 24.6 Å². The summed E-state index contributed by atoms with van der Waals surface area (Å²) < 4.78 is 27.0. The molecule has 2 N–H and O–H groups in total. The van der Waals surface area contributed by atoms with Crippen molar-refractivity contribution < 1.29 is 8.42 Å². The lowest BCUT2D eigenvalue weighted by molar-refractivity contribution is 0.252. The van der Waals surface area contributed by atoms with Gasteiger partial charge in [-0.1, -0.05) is 45.1 Å². The fourth-order valence-corrected chi connectivity index (χ4v) is 4.29. The summed E-state index contributed by atoms with van der Waals surface area (Å²) >= 11 is 4.92. The lowest BCUT2D eigenvalue weighted by Crippen LogP contribution is -2.31. The molecule has 1 unspecified atom stereocenters. The van der Waals surface area contributed by atoms with E-state index < -0.39 is 10.0 Å². The highest BCUT2D eigenvalue weighted by Crippen LogP contribution is 2.35. The number of thiocarbonyl (C=S) groups is 1. The van der Waals surface area contributed by atoms with Crippen molar-refractivity contribution in [3.05, 3.63) is 29.8 Å². The minimum Gasteiger partial charge on any atom is -0.389 e. The molecule has 1 heterocycles. The average Bonchev–Trinajstić information content (AvgIpc) is 2.89. The molecule has 0 radical (unpaired) electrons. The van der Waals surface area contributed by atoms with Gasteiger partial charge in [-0.25, -0.2) is 8.42 Å². The molecule has 0 amide bonds. The first kappa shape index (κ1) is 16.4. The molecule has 21 heavy (non-hydrogen) atoms. The fourth-order valence-electron chi connectivity index (χ4n) is 2.61. The van der Waals surface area contributed by atoms with Crippen LogP contribution in [0.2, 0.25) is 0 Å². The number of nitrogens with two attached hydrogens (primary N) is 1. The second-order valence-corrected chi connectivity index (χ2v) is 8.98. The van der Waals surface area contributed by atoms with Crippen LogP contribution < -0.4 is 5.73 Å². The van der Waals surface area contributed by atoms with E-state index in [1.54, 1.807) is 28.6 Å². The third kappa shape index (κ3) is 3.44. The zero-order chi connectivity index (χ0) is 15.8. The third-order valence-electron chi connectivity index (χ3n) is 4.13. The highest BCUT2D eigenvalue weighted by Gasteiger charge is 2.37. The molecule has 116 valence electrons. The van der Waals surface area contributed by atoms with Gasteiger partial charge < -0.3 is 5.73 Å². The minimum absolute atomic E-state index is 0.116. The third-order valence-corrected chi connectivity index (χ3v) is 6.23. The van der Waals surface area contributed by atoms with E-state index in [4.69, 9.17) is 18.0 Å². The second kappa shape index (κ2) is 5.66. The van der Waals surface area contributed by atoms with E-state index in [2.05, 4.69) is 20.8 Å². The minimum atomic E-state index is -3.47. The van der Waals surface area contributed by atoms with E-state index in [9.17, 15) is 8.42 Å². The largest absolute Gasteiger partial charge is 0.389 e. The Labute approximate surface area is 132 Å². The molecule has 1 aromatic rings. The summed E-state index contributed by atoms with van der Waals surface area (Å²) in [6.07, 6.45) is 0.901. The molecule has 0 spiro atoms. The van der Waals surface area contributed by atoms with Crippen LogP contribution in [0.3, 0.4) is 0 Å². The van der Waals surface area contributed by atoms with Crippen molar-refractivity contribution in [2.24, 2.45) is 17.1 Å². The van der Waals surface area contributed by atoms with Crippen molar-refractivity contribution in [2.75, 3.05) is 13.1 Å². The van der Waals surface area contributed by atoms with Crippen molar-refractivity contribution >= 4 is 27.2 Å². The molecule has 1 aliphatic heterocycles. The summed E-state index contributed by atoms with van der Waals surface area (Å²) in [6.45, 7) is 7.61. The van der Waals surface area contributed by atoms with Gasteiger partial charge in [0.1, 0.15) is 4.99 Å². The number of hydrogen-bond donors (Lipinski definition) is 1. The van der Waals surface area contributed by atoms with E-state index in [-0.39, 0.29) is 15.3 Å². The number of hydrogen-bond acceptors (Lipinski definition) is 3. The lowest BCUT2D eigenvalue weighted by atomic mass is 9.80. The van der Waals surface area contributed by atoms with Crippen molar-refractivity contribution in [2.45, 2.75) is 32.1 Å². The molecule has 1 atom stereocenters. The van der Waals surface area contributed by atoms with Crippen molar-refractivity contribution in [3.8, 4) is 0 Å². The molecule has 6 heteroatoms. The topological polar surface area (TPSA) is 63.4 Å². The zero-order valence-electron chi connectivity index (χ0n) is 12.7. The zero-order valence-corrected chi connectivity index (χ0v) is 14.3. The molecule has 1 aromatic carbocycles. The Morgan fingerprint density at radius 2 is 2.05 bits per heavy atom. The predicted molar refractivity (Wildman–Crippen MR) is 88.7 cm³/mol. The van der Waals surface area contributed by atoms with E-state index in [1.165, 1.54) is 0 Å². The summed E-state index contributed by atoms with van der Waals surface area (Å²) in [5.41, 5.74) is 6.28. The maximum atomic E-state index is 12.7. The Hall–Kier alpha value is -0.980. The smallest absolute Gasteiger partial charge is 0.243 e. The van der Waals surface area contributed by atoms with E-state index in [0.717, 1.165) is 6.42 Å². The van der Waals surface area contributed by atoms with Gasteiger partial charge in [0, 0.05) is 18.7 Å². The van der Waals surface area contributed by atoms with Crippen LogP contribution in [0, 0.1) is 11.3 Å². The van der Waals surface area contributed by atoms with Gasteiger partial charge in [0.25, 0.3) is 0 Å². The van der Waals surface area contributed by atoms with Gasteiger partial charge in [-0.2, -0.15) is 4.31 Å². The maximum absolute atomic E-state index is 12.7. The van der Waals surface area contributed by atoms with Crippen molar-refractivity contribution in [3.63, 3.8) is 0 Å². The normalized spacial score (nSPS) is 20.6. The summed E-state index contributed by atoms with van der Waals surface area (Å²) in [4.78, 5) is 0.475.